The monoisotopic (exact) mass is 413 g/mol. The molecule has 0 saturated carbocycles. The van der Waals surface area contributed by atoms with Crippen molar-refractivity contribution < 1.29 is 13.2 Å². The third-order valence-electron chi connectivity index (χ3n) is 5.95. The zero-order valence-electron chi connectivity index (χ0n) is 18.2. The maximum atomic E-state index is 13.1. The summed E-state index contributed by atoms with van der Waals surface area (Å²) in [7, 11) is 0. The number of benzene rings is 2. The lowest BCUT2D eigenvalue weighted by atomic mass is 9.82. The SMILES string of the molecule is CCCC1=C(C)C(C)=C(CCC)N(c2ccc(C(F)(F)F)cc2)C1c1ccccc1. The Morgan fingerprint density at radius 1 is 0.800 bits per heavy atom. The minimum atomic E-state index is -4.33. The summed E-state index contributed by atoms with van der Waals surface area (Å²) in [5.41, 5.74) is 6.47. The highest BCUT2D eigenvalue weighted by molar-refractivity contribution is 5.64. The first-order chi connectivity index (χ1) is 14.3. The Morgan fingerprint density at radius 3 is 1.93 bits per heavy atom. The molecule has 4 heteroatoms. The van der Waals surface area contributed by atoms with Crippen molar-refractivity contribution in [1.29, 1.82) is 0 Å². The van der Waals surface area contributed by atoms with Crippen molar-refractivity contribution in [3.63, 3.8) is 0 Å². The van der Waals surface area contributed by atoms with Crippen molar-refractivity contribution in [1.82, 2.24) is 0 Å². The van der Waals surface area contributed by atoms with Gasteiger partial charge in [-0.25, -0.2) is 0 Å². The molecule has 0 bridgehead atoms. The van der Waals surface area contributed by atoms with Crippen molar-refractivity contribution in [2.45, 2.75) is 65.6 Å². The predicted molar refractivity (Wildman–Crippen MR) is 118 cm³/mol. The van der Waals surface area contributed by atoms with Gasteiger partial charge in [0.1, 0.15) is 0 Å². The highest BCUT2D eigenvalue weighted by atomic mass is 19.4. The van der Waals surface area contributed by atoms with Gasteiger partial charge in [0.15, 0.2) is 0 Å². The summed E-state index contributed by atoms with van der Waals surface area (Å²) < 4.78 is 39.4. The van der Waals surface area contributed by atoms with Crippen LogP contribution in [0.25, 0.3) is 0 Å². The summed E-state index contributed by atoms with van der Waals surface area (Å²) in [6, 6.07) is 15.9. The van der Waals surface area contributed by atoms with Gasteiger partial charge in [-0.1, -0.05) is 57.0 Å². The number of halogens is 3. The van der Waals surface area contributed by atoms with Crippen LogP contribution in [0, 0.1) is 0 Å². The van der Waals surface area contributed by atoms with Crippen molar-refractivity contribution in [2.75, 3.05) is 4.90 Å². The fourth-order valence-electron chi connectivity index (χ4n) is 4.39. The highest BCUT2D eigenvalue weighted by Gasteiger charge is 2.34. The molecule has 2 aromatic rings. The Bertz CT molecular complexity index is 921. The van der Waals surface area contributed by atoms with Crippen molar-refractivity contribution in [3.05, 3.63) is 88.1 Å². The molecule has 1 heterocycles. The molecule has 0 saturated heterocycles. The van der Waals surface area contributed by atoms with Crippen LogP contribution in [-0.4, -0.2) is 0 Å². The molecule has 3 rings (SSSR count). The first-order valence-corrected chi connectivity index (χ1v) is 10.7. The Hall–Kier alpha value is -2.49. The first kappa shape index (κ1) is 22.2. The largest absolute Gasteiger partial charge is 0.416 e. The van der Waals surface area contributed by atoms with E-state index in [1.165, 1.54) is 40.1 Å². The molecule has 30 heavy (non-hydrogen) atoms. The molecule has 0 aromatic heterocycles. The molecule has 1 aliphatic rings. The number of allylic oxidation sites excluding steroid dienone is 3. The Labute approximate surface area is 177 Å². The van der Waals surface area contributed by atoms with Crippen LogP contribution < -0.4 is 4.90 Å². The summed E-state index contributed by atoms with van der Waals surface area (Å²) in [5, 5.41) is 0. The van der Waals surface area contributed by atoms with Gasteiger partial charge in [0.2, 0.25) is 0 Å². The summed E-state index contributed by atoms with van der Waals surface area (Å²) >= 11 is 0. The summed E-state index contributed by atoms with van der Waals surface area (Å²) in [6.45, 7) is 8.65. The van der Waals surface area contributed by atoms with Gasteiger partial charge in [0, 0.05) is 11.4 Å². The minimum absolute atomic E-state index is 0.00635. The maximum Gasteiger partial charge on any atom is 0.416 e. The molecule has 2 aromatic carbocycles. The van der Waals surface area contributed by atoms with Crippen LogP contribution in [-0.2, 0) is 6.18 Å². The average Bonchev–Trinajstić information content (AvgIpc) is 2.73. The van der Waals surface area contributed by atoms with E-state index < -0.39 is 11.7 Å². The third-order valence-corrected chi connectivity index (χ3v) is 5.95. The van der Waals surface area contributed by atoms with Crippen molar-refractivity contribution >= 4 is 5.69 Å². The number of hydrogen-bond donors (Lipinski definition) is 0. The van der Waals surface area contributed by atoms with E-state index in [-0.39, 0.29) is 6.04 Å². The number of anilines is 1. The van der Waals surface area contributed by atoms with Gasteiger partial charge < -0.3 is 4.90 Å². The van der Waals surface area contributed by atoms with Gasteiger partial charge in [-0.05, 0) is 73.2 Å². The van der Waals surface area contributed by atoms with Gasteiger partial charge >= 0.3 is 6.18 Å². The predicted octanol–water partition coefficient (Wildman–Crippen LogP) is 8.46. The molecular weight excluding hydrogens is 383 g/mol. The Kier molecular flexibility index (Phi) is 6.74. The molecule has 0 amide bonds. The zero-order chi connectivity index (χ0) is 21.9. The lowest BCUT2D eigenvalue weighted by Gasteiger charge is -2.43. The van der Waals surface area contributed by atoms with Gasteiger partial charge in [-0.3, -0.25) is 0 Å². The minimum Gasteiger partial charge on any atom is -0.334 e. The van der Waals surface area contributed by atoms with E-state index in [1.54, 1.807) is 12.1 Å². The second-order valence-electron chi connectivity index (χ2n) is 7.95. The van der Waals surface area contributed by atoms with E-state index in [1.807, 2.05) is 18.2 Å². The molecule has 0 fully saturated rings. The van der Waals surface area contributed by atoms with Crippen LogP contribution in [0.5, 0.6) is 0 Å². The van der Waals surface area contributed by atoms with Crippen molar-refractivity contribution in [3.8, 4) is 0 Å². The molecule has 0 N–H and O–H groups in total. The van der Waals surface area contributed by atoms with E-state index in [4.69, 9.17) is 0 Å². The lowest BCUT2D eigenvalue weighted by molar-refractivity contribution is -0.137. The molecule has 0 spiro atoms. The number of hydrogen-bond acceptors (Lipinski definition) is 1. The molecule has 0 aliphatic carbocycles. The third kappa shape index (κ3) is 4.33. The fourth-order valence-corrected chi connectivity index (χ4v) is 4.39. The van der Waals surface area contributed by atoms with Gasteiger partial charge in [-0.15, -0.1) is 0 Å². The zero-order valence-corrected chi connectivity index (χ0v) is 18.2. The van der Waals surface area contributed by atoms with Crippen LogP contribution in [0.2, 0.25) is 0 Å². The normalized spacial score (nSPS) is 17.7. The summed E-state index contributed by atoms with van der Waals surface area (Å²) in [5.74, 6) is 0. The fraction of sp³-hybridized carbons (Fsp3) is 0.385. The lowest BCUT2D eigenvalue weighted by Crippen LogP contribution is -2.34. The van der Waals surface area contributed by atoms with Crippen LogP contribution in [0.4, 0.5) is 18.9 Å². The second kappa shape index (κ2) is 9.11. The number of rotatable bonds is 6. The van der Waals surface area contributed by atoms with E-state index in [0.29, 0.717) is 0 Å². The molecular formula is C26H30F3N. The quantitative estimate of drug-likeness (QED) is 0.459. The first-order valence-electron chi connectivity index (χ1n) is 10.7. The van der Waals surface area contributed by atoms with Crippen molar-refractivity contribution in [2.24, 2.45) is 0 Å². The number of nitrogens with zero attached hydrogens (tertiary/aromatic N) is 1. The Morgan fingerprint density at radius 2 is 1.40 bits per heavy atom. The standard InChI is InChI=1S/C26H30F3N/c1-5-10-23-18(3)19(4)24(11-6-2)30(25(23)20-12-8-7-9-13-20)22-16-14-21(15-17-22)26(27,28)29/h7-9,12-17,25H,5-6,10-11H2,1-4H3. The van der Waals surface area contributed by atoms with Crippen LogP contribution in [0.15, 0.2) is 77.0 Å². The van der Waals surface area contributed by atoms with E-state index >= 15 is 0 Å². The van der Waals surface area contributed by atoms with E-state index in [9.17, 15) is 13.2 Å². The van der Waals surface area contributed by atoms with Crippen LogP contribution in [0.3, 0.4) is 0 Å². The van der Waals surface area contributed by atoms with Crippen LogP contribution in [0.1, 0.15) is 70.5 Å². The number of alkyl halides is 3. The van der Waals surface area contributed by atoms with Gasteiger partial charge in [0.05, 0.1) is 11.6 Å². The molecule has 0 radical (unpaired) electrons. The molecule has 1 atom stereocenters. The highest BCUT2D eigenvalue weighted by Crippen LogP contribution is 2.46. The Balaban J connectivity index is 2.21. The van der Waals surface area contributed by atoms with E-state index in [2.05, 4.69) is 44.7 Å². The molecule has 1 unspecified atom stereocenters. The summed E-state index contributed by atoms with van der Waals surface area (Å²) in [6.07, 6.45) is -0.498. The smallest absolute Gasteiger partial charge is 0.334 e. The average molecular weight is 414 g/mol. The van der Waals surface area contributed by atoms with Gasteiger partial charge in [0.25, 0.3) is 0 Å². The maximum absolute atomic E-state index is 13.1. The van der Waals surface area contributed by atoms with Crippen LogP contribution >= 0.6 is 0 Å². The van der Waals surface area contributed by atoms with E-state index in [0.717, 1.165) is 31.4 Å². The molecule has 1 nitrogen and oxygen atoms in total. The second-order valence-corrected chi connectivity index (χ2v) is 7.95. The molecule has 1 aliphatic heterocycles. The summed E-state index contributed by atoms with van der Waals surface area (Å²) in [4.78, 5) is 2.27. The molecule has 160 valence electrons. The van der Waals surface area contributed by atoms with Gasteiger partial charge in [-0.2, -0.15) is 13.2 Å². The topological polar surface area (TPSA) is 3.24 Å².